The maximum atomic E-state index is 13.1. The van der Waals surface area contributed by atoms with Crippen molar-refractivity contribution in [3.05, 3.63) is 71.5 Å². The summed E-state index contributed by atoms with van der Waals surface area (Å²) >= 11 is 0. The molecule has 0 bridgehead atoms. The normalized spacial score (nSPS) is 19.1. The van der Waals surface area contributed by atoms with Crippen LogP contribution in [-0.4, -0.2) is 60.5 Å². The van der Waals surface area contributed by atoms with E-state index in [0.29, 0.717) is 43.3 Å². The largest absolute Gasteiger partial charge is 0.373 e. The first kappa shape index (κ1) is 19.6. The molecular weight excluding hydrogens is 371 g/mol. The number of hydrogen-bond acceptors (Lipinski definition) is 3. The Labute approximate surface area is 170 Å². The lowest BCUT2D eigenvalue weighted by Gasteiger charge is -2.36. The van der Waals surface area contributed by atoms with E-state index in [1.54, 1.807) is 4.90 Å². The van der Waals surface area contributed by atoms with E-state index in [9.17, 15) is 14.0 Å². The summed E-state index contributed by atoms with van der Waals surface area (Å²) in [7, 11) is 0. The predicted molar refractivity (Wildman–Crippen MR) is 107 cm³/mol. The zero-order chi connectivity index (χ0) is 20.2. The van der Waals surface area contributed by atoms with Crippen LogP contribution >= 0.6 is 0 Å². The van der Waals surface area contributed by atoms with Gasteiger partial charge in [-0.05, 0) is 55.2 Å². The monoisotopic (exact) mass is 396 g/mol. The van der Waals surface area contributed by atoms with E-state index >= 15 is 0 Å². The zero-order valence-electron chi connectivity index (χ0n) is 16.3. The summed E-state index contributed by atoms with van der Waals surface area (Å²) in [5.74, 6) is 0.0595. The minimum absolute atomic E-state index is 0.00286. The van der Waals surface area contributed by atoms with E-state index in [0.717, 1.165) is 19.4 Å². The van der Waals surface area contributed by atoms with Gasteiger partial charge >= 0.3 is 0 Å². The molecule has 5 nitrogen and oxygen atoms in total. The van der Waals surface area contributed by atoms with E-state index < -0.39 is 0 Å². The highest BCUT2D eigenvalue weighted by atomic mass is 19.1. The van der Waals surface area contributed by atoms with Gasteiger partial charge in [0.1, 0.15) is 5.82 Å². The highest BCUT2D eigenvalue weighted by Gasteiger charge is 2.32. The molecule has 6 heteroatoms. The first-order valence-electron chi connectivity index (χ1n) is 10.1. The molecule has 152 valence electrons. The molecule has 1 aliphatic heterocycles. The van der Waals surface area contributed by atoms with Gasteiger partial charge in [-0.3, -0.25) is 9.59 Å². The van der Waals surface area contributed by atoms with Crippen LogP contribution in [0.3, 0.4) is 0 Å². The van der Waals surface area contributed by atoms with Crippen LogP contribution < -0.4 is 0 Å². The molecule has 0 N–H and O–H groups in total. The van der Waals surface area contributed by atoms with Crippen molar-refractivity contribution in [3.8, 4) is 0 Å². The second-order valence-corrected chi connectivity index (χ2v) is 7.77. The van der Waals surface area contributed by atoms with Crippen molar-refractivity contribution in [3.63, 3.8) is 0 Å². The highest BCUT2D eigenvalue weighted by molar-refractivity contribution is 5.95. The van der Waals surface area contributed by atoms with Crippen LogP contribution in [-0.2, 0) is 4.74 Å². The molecule has 1 aliphatic carbocycles. The van der Waals surface area contributed by atoms with E-state index in [2.05, 4.69) is 0 Å². The number of carbonyl (C=O) groups excluding carboxylic acids is 2. The predicted octanol–water partition coefficient (Wildman–Crippen LogP) is 3.22. The van der Waals surface area contributed by atoms with Gasteiger partial charge in [-0.1, -0.05) is 18.2 Å². The van der Waals surface area contributed by atoms with Crippen molar-refractivity contribution in [2.24, 2.45) is 5.92 Å². The number of benzene rings is 2. The summed E-state index contributed by atoms with van der Waals surface area (Å²) < 4.78 is 19.0. The first-order chi connectivity index (χ1) is 14.1. The standard InChI is InChI=1S/C23H25FN2O3/c24-20-10-8-19(9-11-20)22(27)25-12-13-29-21(15-25)16-26(14-17-6-7-17)23(28)18-4-2-1-3-5-18/h1-5,8-11,17,21H,6-7,12-16H2/t21-/m0/s1. The molecule has 1 atom stereocenters. The third-order valence-corrected chi connectivity index (χ3v) is 5.42. The van der Waals surface area contributed by atoms with Crippen molar-refractivity contribution in [2.75, 3.05) is 32.8 Å². The number of hydrogen-bond donors (Lipinski definition) is 0. The molecule has 0 radical (unpaired) electrons. The maximum Gasteiger partial charge on any atom is 0.254 e. The Morgan fingerprint density at radius 3 is 2.41 bits per heavy atom. The van der Waals surface area contributed by atoms with E-state index in [-0.39, 0.29) is 23.7 Å². The molecule has 29 heavy (non-hydrogen) atoms. The Hall–Kier alpha value is -2.73. The number of halogens is 1. The van der Waals surface area contributed by atoms with E-state index in [1.807, 2.05) is 35.2 Å². The average Bonchev–Trinajstić information content (AvgIpc) is 3.58. The van der Waals surface area contributed by atoms with Gasteiger partial charge in [-0.15, -0.1) is 0 Å². The SMILES string of the molecule is O=C(c1ccc(F)cc1)N1CCO[C@H](CN(CC2CC2)C(=O)c2ccccc2)C1. The summed E-state index contributed by atoms with van der Waals surface area (Å²) in [5.41, 5.74) is 1.13. The Balaban J connectivity index is 1.42. The number of amides is 2. The third-order valence-electron chi connectivity index (χ3n) is 5.42. The molecular formula is C23H25FN2O3. The Morgan fingerprint density at radius 1 is 1.00 bits per heavy atom. The van der Waals surface area contributed by atoms with Crippen LogP contribution in [0.4, 0.5) is 4.39 Å². The van der Waals surface area contributed by atoms with Crippen LogP contribution in [0.1, 0.15) is 33.6 Å². The number of nitrogens with zero attached hydrogens (tertiary/aromatic N) is 2. The van der Waals surface area contributed by atoms with Gasteiger partial charge in [0, 0.05) is 37.3 Å². The Bertz CT molecular complexity index is 852. The summed E-state index contributed by atoms with van der Waals surface area (Å²) in [5, 5.41) is 0. The first-order valence-corrected chi connectivity index (χ1v) is 10.1. The second kappa shape index (κ2) is 8.74. The van der Waals surface area contributed by atoms with Crippen LogP contribution in [0.2, 0.25) is 0 Å². The molecule has 2 aromatic carbocycles. The van der Waals surface area contributed by atoms with Gasteiger partial charge in [0.2, 0.25) is 0 Å². The van der Waals surface area contributed by atoms with Crippen molar-refractivity contribution in [1.82, 2.24) is 9.80 Å². The third kappa shape index (κ3) is 5.01. The van der Waals surface area contributed by atoms with Crippen LogP contribution in [0, 0.1) is 11.7 Å². The van der Waals surface area contributed by atoms with Crippen molar-refractivity contribution in [1.29, 1.82) is 0 Å². The van der Waals surface area contributed by atoms with Crippen molar-refractivity contribution in [2.45, 2.75) is 18.9 Å². The van der Waals surface area contributed by atoms with Gasteiger partial charge in [-0.25, -0.2) is 4.39 Å². The Kier molecular flexibility index (Phi) is 5.90. The molecule has 2 aromatic rings. The van der Waals surface area contributed by atoms with E-state index in [1.165, 1.54) is 24.3 Å². The van der Waals surface area contributed by atoms with Gasteiger partial charge in [0.05, 0.1) is 12.7 Å². The van der Waals surface area contributed by atoms with Gasteiger partial charge in [0.15, 0.2) is 0 Å². The molecule has 1 heterocycles. The molecule has 1 saturated heterocycles. The number of carbonyl (C=O) groups is 2. The number of morpholine rings is 1. The summed E-state index contributed by atoms with van der Waals surface area (Å²) in [6, 6.07) is 14.9. The number of rotatable bonds is 6. The lowest BCUT2D eigenvalue weighted by atomic mass is 10.1. The molecule has 4 rings (SSSR count). The minimum atomic E-state index is -0.364. The average molecular weight is 396 g/mol. The fraction of sp³-hybridized carbons (Fsp3) is 0.391. The lowest BCUT2D eigenvalue weighted by Crippen LogP contribution is -2.51. The quantitative estimate of drug-likeness (QED) is 0.753. The summed E-state index contributed by atoms with van der Waals surface area (Å²) in [4.78, 5) is 29.3. The molecule has 2 aliphatic rings. The minimum Gasteiger partial charge on any atom is -0.373 e. The molecule has 0 spiro atoms. The van der Waals surface area contributed by atoms with Gasteiger partial charge < -0.3 is 14.5 Å². The zero-order valence-corrected chi connectivity index (χ0v) is 16.3. The molecule has 0 aromatic heterocycles. The lowest BCUT2D eigenvalue weighted by molar-refractivity contribution is -0.0335. The van der Waals surface area contributed by atoms with Crippen LogP contribution in [0.25, 0.3) is 0 Å². The molecule has 2 amide bonds. The fourth-order valence-electron chi connectivity index (χ4n) is 3.65. The van der Waals surface area contributed by atoms with Crippen molar-refractivity contribution >= 4 is 11.8 Å². The second-order valence-electron chi connectivity index (χ2n) is 7.77. The molecule has 1 saturated carbocycles. The maximum absolute atomic E-state index is 13.1. The van der Waals surface area contributed by atoms with Gasteiger partial charge in [-0.2, -0.15) is 0 Å². The highest BCUT2D eigenvalue weighted by Crippen LogP contribution is 2.30. The summed E-state index contributed by atoms with van der Waals surface area (Å²) in [6.07, 6.45) is 2.07. The van der Waals surface area contributed by atoms with E-state index in [4.69, 9.17) is 4.74 Å². The molecule has 0 unspecified atom stereocenters. The summed E-state index contributed by atoms with van der Waals surface area (Å²) in [6.45, 7) is 2.51. The van der Waals surface area contributed by atoms with Crippen LogP contribution in [0.5, 0.6) is 0 Å². The molecule has 2 fully saturated rings. The van der Waals surface area contributed by atoms with Crippen molar-refractivity contribution < 1.29 is 18.7 Å². The Morgan fingerprint density at radius 2 is 1.72 bits per heavy atom. The fourth-order valence-corrected chi connectivity index (χ4v) is 3.65. The smallest absolute Gasteiger partial charge is 0.254 e. The van der Waals surface area contributed by atoms with Gasteiger partial charge in [0.25, 0.3) is 11.8 Å². The van der Waals surface area contributed by atoms with Crippen LogP contribution in [0.15, 0.2) is 54.6 Å². The topological polar surface area (TPSA) is 49.9 Å². The number of ether oxygens (including phenoxy) is 1.